The van der Waals surface area contributed by atoms with Gasteiger partial charge in [0.2, 0.25) is 25.6 Å². The largest absolute Gasteiger partial charge is 4.00 e. The van der Waals surface area contributed by atoms with Crippen LogP contribution in [0.5, 0.6) is 0 Å². The molecular weight excluding hydrogens is 1130 g/mol. The Bertz CT molecular complexity index is 847. The van der Waals surface area contributed by atoms with E-state index in [1.807, 2.05) is 14.1 Å². The quantitative estimate of drug-likeness (QED) is 0.0495. The molecule has 24 nitrogen and oxygen atoms in total. The van der Waals surface area contributed by atoms with Gasteiger partial charge in [0.25, 0.3) is 0 Å². The van der Waals surface area contributed by atoms with E-state index in [1.165, 1.54) is 40.2 Å². The molecule has 0 fully saturated rings. The number of thiocarbonyl (C=S) groups is 4. The molecule has 0 aliphatic rings. The summed E-state index contributed by atoms with van der Waals surface area (Å²) in [6.45, 7) is 3.85. The fourth-order valence-electron chi connectivity index (χ4n) is 1.72. The first kappa shape index (κ1) is 112. The number of aliphatic hydroxyl groups is 2. The molecule has 68 heavy (non-hydrogen) atoms. The van der Waals surface area contributed by atoms with Crippen molar-refractivity contribution in [3.05, 3.63) is 21.6 Å². The van der Waals surface area contributed by atoms with Crippen LogP contribution in [0.25, 0.3) is 21.6 Å². The Morgan fingerprint density at radius 3 is 0.529 bits per heavy atom. The minimum absolute atomic E-state index is 0. The Kier molecular flexibility index (Phi) is 208. The smallest absolute Gasteiger partial charge is 0.854 e. The predicted molar refractivity (Wildman–Crippen MR) is 256 cm³/mol. The number of hydrogen-bond donors (Lipinski definition) is 2. The number of nitrogens with zero attached hydrogens (tertiary/aromatic N) is 12. The second-order valence-corrected chi connectivity index (χ2v) is 12.3. The second kappa shape index (κ2) is 126. The molecule has 0 aliphatic heterocycles. The van der Waals surface area contributed by atoms with Crippen molar-refractivity contribution in [2.45, 2.75) is 0 Å². The number of aliphatic hydroxyl groups excluding tert-OH is 2. The van der Waals surface area contributed by atoms with Gasteiger partial charge in [-0.15, -0.1) is 39.6 Å². The minimum Gasteiger partial charge on any atom is -0.854 e. The average molecular weight is 1210 g/mol. The summed E-state index contributed by atoms with van der Waals surface area (Å²) in [4.78, 5) is 50.6. The fourth-order valence-corrected chi connectivity index (χ4v) is 1.72. The first-order valence-corrected chi connectivity index (χ1v) is 19.6. The normalized spacial score (nSPS) is 7.41. The second-order valence-electron chi connectivity index (χ2n) is 11.5. The summed E-state index contributed by atoms with van der Waals surface area (Å²) in [5, 5.41) is 110. The number of rotatable bonds is 20. The number of isothiocyanates is 4. The molecule has 0 rings (SSSR count). The third-order valence-electron chi connectivity index (χ3n) is 4.64. The summed E-state index contributed by atoms with van der Waals surface area (Å²) in [7, 11) is 20.7. The van der Waals surface area contributed by atoms with Crippen LogP contribution >= 0.6 is 48.9 Å². The average Bonchev–Trinajstić information content (AvgIpc) is 3.21. The molecule has 0 atom stereocenters. The van der Waals surface area contributed by atoms with Crippen molar-refractivity contribution in [3.63, 3.8) is 0 Å². The van der Waals surface area contributed by atoms with E-state index in [0.717, 1.165) is 25.6 Å². The van der Waals surface area contributed by atoms with Gasteiger partial charge in [0, 0.05) is 69.5 Å². The van der Waals surface area contributed by atoms with Gasteiger partial charge >= 0.3 is 68.9 Å². The zero-order chi connectivity index (χ0) is 53.6. The first-order valence-electron chi connectivity index (χ1n) is 17.9. The third-order valence-corrected chi connectivity index (χ3v) is 4.64. The molecule has 0 saturated carbocycles. The van der Waals surface area contributed by atoms with Crippen LogP contribution in [0.1, 0.15) is 0 Å². The Balaban J connectivity index is -0.0000000313. The number of hydrogen-bond acceptors (Lipinski definition) is 20. The van der Waals surface area contributed by atoms with Crippen molar-refractivity contribution in [1.82, 2.24) is 39.2 Å². The third kappa shape index (κ3) is 279. The van der Waals surface area contributed by atoms with E-state index in [0.29, 0.717) is 52.4 Å². The molecule has 0 spiro atoms. The molecular formula is C36H74Cr2Mn2N12O12S4+3. The predicted octanol–water partition coefficient (Wildman–Crippen LogP) is -6.74. The number of carbonyl (C=O) groups excluding carboxylic acids is 4. The van der Waals surface area contributed by atoms with Crippen molar-refractivity contribution in [1.29, 1.82) is 0 Å². The van der Waals surface area contributed by atoms with Crippen molar-refractivity contribution in [3.8, 4) is 0 Å². The summed E-state index contributed by atoms with van der Waals surface area (Å²) in [5.41, 5.74) is 0. The van der Waals surface area contributed by atoms with E-state index in [-0.39, 0.29) is 122 Å². The van der Waals surface area contributed by atoms with Crippen LogP contribution in [0.4, 0.5) is 0 Å². The molecule has 0 aliphatic carbocycles. The van der Waals surface area contributed by atoms with Crippen molar-refractivity contribution in [2.75, 3.05) is 190 Å². The van der Waals surface area contributed by atoms with Gasteiger partial charge < -0.3 is 102 Å². The van der Waals surface area contributed by atoms with Gasteiger partial charge in [0.1, 0.15) is 0 Å². The molecule has 0 saturated heterocycles. The molecule has 4 amide bonds. The van der Waals surface area contributed by atoms with Gasteiger partial charge in [-0.3, -0.25) is 19.2 Å². The molecule has 0 unspecified atom stereocenters. The molecule has 0 bridgehead atoms. The van der Waals surface area contributed by atoms with Gasteiger partial charge in [-0.25, -0.2) is 0 Å². The number of amides is 4. The Labute approximate surface area is 471 Å². The van der Waals surface area contributed by atoms with Gasteiger partial charge in [-0.1, -0.05) is 48.9 Å². The SMILES string of the molecule is CN(C)C=O.CN(C)C=O.CN(C)C=O.CN(C)C=O.CN(CC[O-])CCO.CN(CC[O-])CCO.CN(CC[O-])CC[O-].CN(CC[O-])CC[O-].[Cr+3].[Cr+4].[Mn+3].[Mn+3].[N-]=C=S.[N-]=C=S.[N-]=C=S.[N-]=C=S. The first-order chi connectivity index (χ1) is 30.0. The van der Waals surface area contributed by atoms with Crippen LogP contribution in [0, 0.1) is 0 Å². The summed E-state index contributed by atoms with van der Waals surface area (Å²) in [6, 6.07) is 0. The van der Waals surface area contributed by atoms with Crippen LogP contribution in [-0.4, -0.2) is 285 Å². The van der Waals surface area contributed by atoms with Crippen LogP contribution in [-0.2, 0) is 88.0 Å². The van der Waals surface area contributed by atoms with Crippen molar-refractivity contribution >= 4 is 95.2 Å². The van der Waals surface area contributed by atoms with Crippen molar-refractivity contribution < 1.29 is 129 Å². The maximum absolute atomic E-state index is 9.89. The zero-order valence-corrected chi connectivity index (χ0v) is 49.3. The van der Waals surface area contributed by atoms with E-state index >= 15 is 0 Å². The van der Waals surface area contributed by atoms with E-state index in [4.69, 9.17) is 31.9 Å². The van der Waals surface area contributed by atoms with E-state index in [9.17, 15) is 49.8 Å². The molecule has 32 heteroatoms. The maximum atomic E-state index is 9.89. The van der Waals surface area contributed by atoms with Gasteiger partial charge in [0.05, 0.1) is 13.2 Å². The molecule has 0 aromatic heterocycles. The van der Waals surface area contributed by atoms with Crippen molar-refractivity contribution in [2.24, 2.45) is 0 Å². The monoisotopic (exact) mass is 1210 g/mol. The molecule has 0 heterocycles. The molecule has 2 N–H and O–H groups in total. The molecule has 1 radical (unpaired) electrons. The van der Waals surface area contributed by atoms with Crippen LogP contribution < -0.4 is 30.6 Å². The number of carbonyl (C=O) groups is 4. The molecule has 397 valence electrons. The van der Waals surface area contributed by atoms with Gasteiger partial charge in [-0.05, 0) is 67.5 Å². The van der Waals surface area contributed by atoms with Crippen LogP contribution in [0.3, 0.4) is 0 Å². The topological polar surface area (TPSA) is 362 Å². The standard InChI is InChI=1S/2C5H12NO2.2C5H11NO2.4C3H7NO.4CNS.2Cr.2Mn/c4*1-6(2-4-7)3-5-8;4*1-4(2)3-5;4*2-1-3;;;;/h2*7H,2-5H2,1H3;2*2-5H2,1H3;4*3H,1-2H3;;;;;;;;/q2*-1;2*-2;;;;;4*-1;+3;+4;2*+3. The molecule has 0 aromatic carbocycles. The van der Waals surface area contributed by atoms with E-state index in [2.05, 4.69) is 48.9 Å². The van der Waals surface area contributed by atoms with E-state index < -0.39 is 0 Å². The minimum atomic E-state index is -0.115. The summed E-state index contributed by atoms with van der Waals surface area (Å²) in [5.74, 6) is 0. The molecule has 0 aromatic rings. The zero-order valence-electron chi connectivity index (χ0n) is 41.2. The Morgan fingerprint density at radius 2 is 0.471 bits per heavy atom. The fraction of sp³-hybridized carbons (Fsp3) is 0.778. The van der Waals surface area contributed by atoms with E-state index in [1.54, 1.807) is 90.1 Å². The van der Waals surface area contributed by atoms with Crippen LogP contribution in [0.15, 0.2) is 0 Å². The Hall–Kier alpha value is -1.30. The Morgan fingerprint density at radius 1 is 0.382 bits per heavy atom. The summed E-state index contributed by atoms with van der Waals surface area (Å²) < 4.78 is 0. The maximum Gasteiger partial charge on any atom is 4.00 e. The number of likely N-dealkylation sites (N-methyl/N-ethyl adjacent to an activating group) is 4. The van der Waals surface area contributed by atoms with Gasteiger partial charge in [-0.2, -0.15) is 20.6 Å². The van der Waals surface area contributed by atoms with Crippen LogP contribution in [0.2, 0.25) is 0 Å². The van der Waals surface area contributed by atoms with Gasteiger partial charge in [0.15, 0.2) is 0 Å². The summed E-state index contributed by atoms with van der Waals surface area (Å²) in [6.07, 6.45) is 3.00. The summed E-state index contributed by atoms with van der Waals surface area (Å²) >= 11 is 14.8.